The van der Waals surface area contributed by atoms with Gasteiger partial charge in [-0.15, -0.1) is 11.8 Å². The van der Waals surface area contributed by atoms with Gasteiger partial charge in [0.15, 0.2) is 0 Å². The molecule has 0 saturated heterocycles. The third-order valence-corrected chi connectivity index (χ3v) is 2.76. The van der Waals surface area contributed by atoms with Crippen LogP contribution in [0.3, 0.4) is 0 Å². The predicted octanol–water partition coefficient (Wildman–Crippen LogP) is 2.87. The first-order valence-corrected chi connectivity index (χ1v) is 5.49. The van der Waals surface area contributed by atoms with Crippen LogP contribution in [0.5, 0.6) is 0 Å². The second kappa shape index (κ2) is 5.05. The molecule has 1 rings (SSSR count). The lowest BCUT2D eigenvalue weighted by Gasteiger charge is -2.03. The fourth-order valence-electron chi connectivity index (χ4n) is 1.27. The summed E-state index contributed by atoms with van der Waals surface area (Å²) in [4.78, 5) is 11.5. The quantitative estimate of drug-likeness (QED) is 0.776. The largest absolute Gasteiger partial charge is 0.481 e. The molecule has 2 nitrogen and oxygen atoms in total. The minimum Gasteiger partial charge on any atom is -0.481 e. The number of rotatable bonds is 4. The lowest BCUT2D eigenvalue weighted by molar-refractivity contribution is -0.136. The molecule has 0 radical (unpaired) electrons. The van der Waals surface area contributed by atoms with Gasteiger partial charge in [0.2, 0.25) is 0 Å². The van der Waals surface area contributed by atoms with E-state index < -0.39 is 5.97 Å². The smallest absolute Gasteiger partial charge is 0.304 e. The van der Waals surface area contributed by atoms with Gasteiger partial charge in [0.25, 0.3) is 0 Å². The Bertz CT molecular complexity index is 314. The van der Waals surface area contributed by atoms with Crippen molar-refractivity contribution in [2.75, 3.05) is 5.75 Å². The van der Waals surface area contributed by atoms with Crippen LogP contribution in [0.1, 0.15) is 17.5 Å². The van der Waals surface area contributed by atoms with Crippen molar-refractivity contribution in [2.45, 2.75) is 25.2 Å². The average molecular weight is 210 g/mol. The van der Waals surface area contributed by atoms with Gasteiger partial charge in [-0.05, 0) is 37.1 Å². The van der Waals surface area contributed by atoms with E-state index >= 15 is 0 Å². The second-order valence-electron chi connectivity index (χ2n) is 3.32. The number of carboxylic acid groups (broad SMARTS) is 1. The molecular weight excluding hydrogens is 196 g/mol. The van der Waals surface area contributed by atoms with E-state index in [1.165, 1.54) is 11.1 Å². The zero-order valence-electron chi connectivity index (χ0n) is 8.41. The molecule has 0 spiro atoms. The molecule has 14 heavy (non-hydrogen) atoms. The molecule has 0 unspecified atom stereocenters. The maximum absolute atomic E-state index is 10.3. The van der Waals surface area contributed by atoms with Crippen molar-refractivity contribution in [1.82, 2.24) is 0 Å². The molecule has 1 N–H and O–H groups in total. The molecule has 0 aliphatic heterocycles. The van der Waals surface area contributed by atoms with Crippen molar-refractivity contribution in [2.24, 2.45) is 0 Å². The topological polar surface area (TPSA) is 37.3 Å². The van der Waals surface area contributed by atoms with Gasteiger partial charge < -0.3 is 5.11 Å². The van der Waals surface area contributed by atoms with E-state index in [-0.39, 0.29) is 6.42 Å². The van der Waals surface area contributed by atoms with Crippen molar-refractivity contribution in [1.29, 1.82) is 0 Å². The Labute approximate surface area is 88.3 Å². The van der Waals surface area contributed by atoms with E-state index in [4.69, 9.17) is 5.11 Å². The molecule has 0 saturated carbocycles. The molecule has 0 aliphatic rings. The Hall–Kier alpha value is -0.960. The van der Waals surface area contributed by atoms with Crippen molar-refractivity contribution in [3.8, 4) is 0 Å². The van der Waals surface area contributed by atoms with Gasteiger partial charge in [0.05, 0.1) is 6.42 Å². The molecule has 0 aliphatic carbocycles. The van der Waals surface area contributed by atoms with E-state index in [1.807, 2.05) is 13.8 Å². The maximum atomic E-state index is 10.3. The summed E-state index contributed by atoms with van der Waals surface area (Å²) in [5, 5.41) is 8.49. The molecule has 0 atom stereocenters. The monoisotopic (exact) mass is 210 g/mol. The molecule has 0 heterocycles. The second-order valence-corrected chi connectivity index (χ2v) is 4.48. The summed E-state index contributed by atoms with van der Waals surface area (Å²) >= 11 is 1.60. The summed E-state index contributed by atoms with van der Waals surface area (Å²) in [5.41, 5.74) is 2.45. The van der Waals surface area contributed by atoms with Crippen molar-refractivity contribution < 1.29 is 9.90 Å². The number of carbonyl (C=O) groups is 1. The number of benzene rings is 1. The lowest BCUT2D eigenvalue weighted by atomic mass is 10.2. The summed E-state index contributed by atoms with van der Waals surface area (Å²) in [6.45, 7) is 4.10. The van der Waals surface area contributed by atoms with E-state index in [0.29, 0.717) is 5.75 Å². The molecule has 0 fully saturated rings. The third kappa shape index (κ3) is 3.83. The van der Waals surface area contributed by atoms with E-state index in [0.717, 1.165) is 4.90 Å². The van der Waals surface area contributed by atoms with Gasteiger partial charge in [0.1, 0.15) is 0 Å². The summed E-state index contributed by atoms with van der Waals surface area (Å²) < 4.78 is 0. The van der Waals surface area contributed by atoms with Gasteiger partial charge in [-0.25, -0.2) is 0 Å². The van der Waals surface area contributed by atoms with E-state index in [1.54, 1.807) is 11.8 Å². The SMILES string of the molecule is Cc1cc(C)cc(SCCC(=O)O)c1. The van der Waals surface area contributed by atoms with Crippen LogP contribution in [0, 0.1) is 13.8 Å². The summed E-state index contributed by atoms with van der Waals surface area (Å²) in [7, 11) is 0. The Balaban J connectivity index is 2.54. The van der Waals surface area contributed by atoms with Crippen LogP contribution in [0.15, 0.2) is 23.1 Å². The standard InChI is InChI=1S/C11H14O2S/c1-8-5-9(2)7-10(6-8)14-4-3-11(12)13/h5-7H,3-4H2,1-2H3,(H,12,13). The third-order valence-electron chi connectivity index (χ3n) is 1.78. The van der Waals surface area contributed by atoms with Crippen LogP contribution < -0.4 is 0 Å². The van der Waals surface area contributed by atoms with Crippen molar-refractivity contribution in [3.63, 3.8) is 0 Å². The van der Waals surface area contributed by atoms with Gasteiger partial charge >= 0.3 is 5.97 Å². The van der Waals surface area contributed by atoms with E-state index in [9.17, 15) is 4.79 Å². The molecule has 1 aromatic carbocycles. The molecule has 76 valence electrons. The molecule has 0 aromatic heterocycles. The highest BCUT2D eigenvalue weighted by Crippen LogP contribution is 2.21. The predicted molar refractivity (Wildman–Crippen MR) is 58.9 cm³/mol. The number of aryl methyl sites for hydroxylation is 2. The van der Waals surface area contributed by atoms with Crippen LogP contribution in [-0.4, -0.2) is 16.8 Å². The van der Waals surface area contributed by atoms with E-state index in [2.05, 4.69) is 18.2 Å². The maximum Gasteiger partial charge on any atom is 0.304 e. The molecule has 0 bridgehead atoms. The minimum absolute atomic E-state index is 0.220. The molecule has 3 heteroatoms. The first-order valence-electron chi connectivity index (χ1n) is 4.51. The number of thioether (sulfide) groups is 1. The number of hydrogen-bond donors (Lipinski definition) is 1. The van der Waals surface area contributed by atoms with Gasteiger partial charge in [0, 0.05) is 10.6 Å². The zero-order valence-corrected chi connectivity index (χ0v) is 9.23. The molecule has 0 amide bonds. The zero-order chi connectivity index (χ0) is 10.6. The van der Waals surface area contributed by atoms with Gasteiger partial charge in [-0.2, -0.15) is 0 Å². The summed E-state index contributed by atoms with van der Waals surface area (Å²) in [6.07, 6.45) is 0.220. The summed E-state index contributed by atoms with van der Waals surface area (Å²) in [5.74, 6) is -0.0972. The Morgan fingerprint density at radius 1 is 1.29 bits per heavy atom. The van der Waals surface area contributed by atoms with Crippen LogP contribution in [0.4, 0.5) is 0 Å². The highest BCUT2D eigenvalue weighted by atomic mass is 32.2. The first kappa shape index (κ1) is 11.1. The number of hydrogen-bond acceptors (Lipinski definition) is 2. The molecule has 1 aromatic rings. The van der Waals surface area contributed by atoms with Crippen LogP contribution >= 0.6 is 11.8 Å². The van der Waals surface area contributed by atoms with Crippen LogP contribution in [0.2, 0.25) is 0 Å². The highest BCUT2D eigenvalue weighted by molar-refractivity contribution is 7.99. The van der Waals surface area contributed by atoms with Crippen molar-refractivity contribution in [3.05, 3.63) is 29.3 Å². The average Bonchev–Trinajstić information content (AvgIpc) is 2.01. The highest BCUT2D eigenvalue weighted by Gasteiger charge is 1.99. The summed E-state index contributed by atoms with van der Waals surface area (Å²) in [6, 6.07) is 6.28. The lowest BCUT2D eigenvalue weighted by Crippen LogP contribution is -1.95. The number of aliphatic carboxylic acids is 1. The Morgan fingerprint density at radius 2 is 1.86 bits per heavy atom. The van der Waals surface area contributed by atoms with Crippen LogP contribution in [0.25, 0.3) is 0 Å². The fraction of sp³-hybridized carbons (Fsp3) is 0.364. The fourth-order valence-corrected chi connectivity index (χ4v) is 2.32. The normalized spacial score (nSPS) is 10.1. The van der Waals surface area contributed by atoms with Gasteiger partial charge in [-0.3, -0.25) is 4.79 Å². The van der Waals surface area contributed by atoms with Crippen LogP contribution in [-0.2, 0) is 4.79 Å². The number of carboxylic acids is 1. The van der Waals surface area contributed by atoms with Crippen molar-refractivity contribution >= 4 is 17.7 Å². The first-order chi connectivity index (χ1) is 6.58. The molecular formula is C11H14O2S. The minimum atomic E-state index is -0.734. The Morgan fingerprint density at radius 3 is 2.36 bits per heavy atom. The Kier molecular flexibility index (Phi) is 4.01. The van der Waals surface area contributed by atoms with Gasteiger partial charge in [-0.1, -0.05) is 6.07 Å².